The van der Waals surface area contributed by atoms with Crippen LogP contribution in [0.2, 0.25) is 0 Å². The molecule has 2 rings (SSSR count). The highest BCUT2D eigenvalue weighted by Gasteiger charge is 2.48. The Balaban J connectivity index is 2.49. The number of hydrogen-bond donors (Lipinski definition) is 0. The Hall–Kier alpha value is -3.19. The third kappa shape index (κ3) is 2.77. The second kappa shape index (κ2) is 6.29. The lowest BCUT2D eigenvalue weighted by Gasteiger charge is -2.24. The topological polar surface area (TPSA) is 117 Å². The first-order chi connectivity index (χ1) is 11.0. The molecule has 7 nitrogen and oxygen atoms in total. The first-order valence-electron chi connectivity index (χ1n) is 6.93. The van der Waals surface area contributed by atoms with Crippen LogP contribution in [0.15, 0.2) is 35.9 Å². The van der Waals surface area contributed by atoms with Crippen molar-refractivity contribution in [3.05, 3.63) is 51.6 Å². The second-order valence-electron chi connectivity index (χ2n) is 5.06. The summed E-state index contributed by atoms with van der Waals surface area (Å²) in [6.07, 6.45) is 1.65. The summed E-state index contributed by atoms with van der Waals surface area (Å²) in [7, 11) is 0. The van der Waals surface area contributed by atoms with Crippen LogP contribution in [0, 0.1) is 38.2 Å². The number of carbonyl (C=O) groups excluding carboxylic acids is 1. The van der Waals surface area contributed by atoms with E-state index < -0.39 is 22.2 Å². The molecule has 1 atom stereocenters. The molecule has 1 unspecified atom stereocenters. The van der Waals surface area contributed by atoms with E-state index in [0.717, 1.165) is 0 Å². The fraction of sp³-hybridized carbons (Fsp3) is 0.312. The number of nitro benzene ring substituents is 1. The van der Waals surface area contributed by atoms with Crippen molar-refractivity contribution in [1.29, 1.82) is 10.5 Å². The van der Waals surface area contributed by atoms with Crippen molar-refractivity contribution in [2.45, 2.75) is 19.3 Å². The molecule has 1 aliphatic carbocycles. The summed E-state index contributed by atoms with van der Waals surface area (Å²) in [6, 6.07) is 9.47. The van der Waals surface area contributed by atoms with Gasteiger partial charge in [0.1, 0.15) is 0 Å². The molecule has 7 heteroatoms. The number of nitrogens with zero attached hydrogens (tertiary/aromatic N) is 3. The molecule has 0 N–H and O–H groups in total. The van der Waals surface area contributed by atoms with Gasteiger partial charge in [-0.3, -0.25) is 10.1 Å². The largest absolute Gasteiger partial charge is 0.463 e. The molecule has 0 spiro atoms. The van der Waals surface area contributed by atoms with Crippen molar-refractivity contribution in [2.24, 2.45) is 5.41 Å². The molecule has 0 bridgehead atoms. The molecule has 1 aromatic rings. The van der Waals surface area contributed by atoms with Crippen molar-refractivity contribution in [3.63, 3.8) is 0 Å². The quantitative estimate of drug-likeness (QED) is 0.479. The van der Waals surface area contributed by atoms with Gasteiger partial charge in [-0.05, 0) is 18.9 Å². The van der Waals surface area contributed by atoms with E-state index in [0.29, 0.717) is 5.56 Å². The number of rotatable bonds is 4. The molecule has 0 saturated carbocycles. The van der Waals surface area contributed by atoms with Gasteiger partial charge in [0.05, 0.1) is 23.7 Å². The number of non-ortho nitro benzene ring substituents is 1. The van der Waals surface area contributed by atoms with E-state index in [1.54, 1.807) is 6.92 Å². The van der Waals surface area contributed by atoms with E-state index in [-0.39, 0.29) is 24.3 Å². The molecule has 0 heterocycles. The number of nitriles is 2. The summed E-state index contributed by atoms with van der Waals surface area (Å²) < 4.78 is 4.99. The molecule has 1 aliphatic rings. The third-order valence-corrected chi connectivity index (χ3v) is 3.80. The minimum Gasteiger partial charge on any atom is -0.463 e. The van der Waals surface area contributed by atoms with Crippen molar-refractivity contribution in [3.8, 4) is 12.1 Å². The lowest BCUT2D eigenvalue weighted by molar-refractivity contribution is -0.384. The molecule has 0 aromatic heterocycles. The number of carbonyl (C=O) groups is 1. The van der Waals surface area contributed by atoms with Gasteiger partial charge in [0.15, 0.2) is 5.41 Å². The summed E-state index contributed by atoms with van der Waals surface area (Å²) in [6.45, 7) is 1.84. The maximum absolute atomic E-state index is 12.1. The Morgan fingerprint density at radius 3 is 2.48 bits per heavy atom. The Bertz CT molecular complexity index is 739. The van der Waals surface area contributed by atoms with Crippen molar-refractivity contribution < 1.29 is 14.5 Å². The van der Waals surface area contributed by atoms with Crippen LogP contribution in [0.3, 0.4) is 0 Å². The Morgan fingerprint density at radius 1 is 1.39 bits per heavy atom. The Kier molecular flexibility index (Phi) is 4.42. The maximum atomic E-state index is 12.1. The van der Waals surface area contributed by atoms with Crippen LogP contribution < -0.4 is 0 Å². The van der Waals surface area contributed by atoms with Gasteiger partial charge in [0.2, 0.25) is 0 Å². The van der Waals surface area contributed by atoms with Gasteiger partial charge >= 0.3 is 5.97 Å². The highest BCUT2D eigenvalue weighted by atomic mass is 16.6. The highest BCUT2D eigenvalue weighted by molar-refractivity contribution is 5.91. The smallest absolute Gasteiger partial charge is 0.334 e. The number of benzene rings is 1. The zero-order valence-corrected chi connectivity index (χ0v) is 12.4. The molecule has 116 valence electrons. The fourth-order valence-corrected chi connectivity index (χ4v) is 2.69. The molecule has 0 saturated heterocycles. The van der Waals surface area contributed by atoms with Gasteiger partial charge in [-0.1, -0.05) is 18.2 Å². The number of hydrogen-bond acceptors (Lipinski definition) is 6. The van der Waals surface area contributed by atoms with Crippen LogP contribution in [0.25, 0.3) is 0 Å². The van der Waals surface area contributed by atoms with Crippen LogP contribution in [-0.4, -0.2) is 17.5 Å². The number of nitro groups is 1. The average molecular weight is 311 g/mol. The van der Waals surface area contributed by atoms with E-state index in [9.17, 15) is 25.4 Å². The predicted molar refractivity (Wildman–Crippen MR) is 78.8 cm³/mol. The summed E-state index contributed by atoms with van der Waals surface area (Å²) in [5.41, 5.74) is -0.787. The van der Waals surface area contributed by atoms with E-state index in [2.05, 4.69) is 0 Å². The van der Waals surface area contributed by atoms with Crippen molar-refractivity contribution >= 4 is 11.7 Å². The molecule has 0 fully saturated rings. The summed E-state index contributed by atoms with van der Waals surface area (Å²) in [5.74, 6) is -1.37. The monoisotopic (exact) mass is 311 g/mol. The summed E-state index contributed by atoms with van der Waals surface area (Å²) >= 11 is 0. The fourth-order valence-electron chi connectivity index (χ4n) is 2.69. The van der Waals surface area contributed by atoms with E-state index in [1.807, 2.05) is 12.1 Å². The van der Waals surface area contributed by atoms with Gasteiger partial charge in [-0.2, -0.15) is 10.5 Å². The lowest BCUT2D eigenvalue weighted by Crippen LogP contribution is -2.25. The van der Waals surface area contributed by atoms with Gasteiger partial charge < -0.3 is 4.74 Å². The van der Waals surface area contributed by atoms with Crippen LogP contribution >= 0.6 is 0 Å². The van der Waals surface area contributed by atoms with Crippen molar-refractivity contribution in [2.75, 3.05) is 6.61 Å². The number of esters is 1. The van der Waals surface area contributed by atoms with Gasteiger partial charge in [0, 0.05) is 23.6 Å². The van der Waals surface area contributed by atoms with Crippen LogP contribution in [0.4, 0.5) is 5.69 Å². The lowest BCUT2D eigenvalue weighted by atomic mass is 9.73. The minimum absolute atomic E-state index is 0.104. The highest BCUT2D eigenvalue weighted by Crippen LogP contribution is 2.49. The van der Waals surface area contributed by atoms with E-state index >= 15 is 0 Å². The molecule has 0 aliphatic heterocycles. The minimum atomic E-state index is -1.42. The first kappa shape index (κ1) is 16.2. The summed E-state index contributed by atoms with van der Waals surface area (Å²) in [5, 5.41) is 29.7. The van der Waals surface area contributed by atoms with Gasteiger partial charge in [-0.25, -0.2) is 4.79 Å². The zero-order chi connectivity index (χ0) is 17.0. The summed E-state index contributed by atoms with van der Waals surface area (Å²) in [4.78, 5) is 22.3. The van der Waals surface area contributed by atoms with Crippen LogP contribution in [0.5, 0.6) is 0 Å². The Morgan fingerprint density at radius 2 is 2.00 bits per heavy atom. The number of allylic oxidation sites excluding steroid dienone is 1. The predicted octanol–water partition coefficient (Wildman–Crippen LogP) is 2.61. The molecular formula is C16H13N3O4. The van der Waals surface area contributed by atoms with E-state index in [1.165, 1.54) is 30.3 Å². The van der Waals surface area contributed by atoms with Gasteiger partial charge in [-0.15, -0.1) is 0 Å². The SMILES string of the molecule is CCOC(=O)C1=CCC(C#N)(C#N)C1c1ccc([N+](=O)[O-])cc1. The zero-order valence-electron chi connectivity index (χ0n) is 12.4. The Labute approximate surface area is 132 Å². The maximum Gasteiger partial charge on any atom is 0.334 e. The van der Waals surface area contributed by atoms with E-state index in [4.69, 9.17) is 4.74 Å². The average Bonchev–Trinajstić information content (AvgIpc) is 2.95. The van der Waals surface area contributed by atoms with Gasteiger partial charge in [0.25, 0.3) is 5.69 Å². The molecule has 1 aromatic carbocycles. The molecule has 0 amide bonds. The standard InChI is InChI=1S/C16H13N3O4/c1-2-23-15(20)13-7-8-16(9-17,10-18)14(13)11-3-5-12(6-4-11)19(21)22/h3-7,14H,2,8H2,1H3. The molecule has 23 heavy (non-hydrogen) atoms. The van der Waals surface area contributed by atoms with Crippen molar-refractivity contribution in [1.82, 2.24) is 0 Å². The number of ether oxygens (including phenoxy) is 1. The van der Waals surface area contributed by atoms with Crippen LogP contribution in [-0.2, 0) is 9.53 Å². The molecular weight excluding hydrogens is 298 g/mol. The van der Waals surface area contributed by atoms with Crippen LogP contribution in [0.1, 0.15) is 24.8 Å². The molecule has 0 radical (unpaired) electrons. The third-order valence-electron chi connectivity index (χ3n) is 3.80. The first-order valence-corrected chi connectivity index (χ1v) is 6.93. The second-order valence-corrected chi connectivity index (χ2v) is 5.06. The normalized spacial score (nSPS) is 18.4.